The smallest absolute Gasteiger partial charge is 0.232 e. The first-order valence-electron chi connectivity index (χ1n) is 8.49. The van der Waals surface area contributed by atoms with Gasteiger partial charge < -0.3 is 0 Å². The van der Waals surface area contributed by atoms with E-state index in [9.17, 15) is 8.42 Å². The zero-order valence-corrected chi connectivity index (χ0v) is 16.2. The van der Waals surface area contributed by atoms with Crippen LogP contribution in [-0.2, 0) is 16.4 Å². The monoisotopic (exact) mass is 396 g/mol. The van der Waals surface area contributed by atoms with Crippen LogP contribution in [0.15, 0.2) is 77.7 Å². The van der Waals surface area contributed by atoms with Crippen LogP contribution in [0.2, 0.25) is 5.02 Å². The molecule has 0 radical (unpaired) electrons. The average molecular weight is 397 g/mol. The van der Waals surface area contributed by atoms with Gasteiger partial charge in [0.05, 0.1) is 15.9 Å². The van der Waals surface area contributed by atoms with Crippen LogP contribution in [0.3, 0.4) is 0 Å². The maximum atomic E-state index is 13.5. The fourth-order valence-corrected chi connectivity index (χ4v) is 4.79. The number of benzene rings is 3. The molecule has 0 spiro atoms. The standard InChI is InChI=1S/C21H17ClN2O2S/c1-15-13-17(11-12-18(15)22)27(25,26)24-20-10-6-5-9-19(20)23-21(24)14-16-7-3-2-4-8-16/h2-13H,14H2,1H3. The molecule has 4 aromatic rings. The molecular weight excluding hydrogens is 380 g/mol. The van der Waals surface area contributed by atoms with Crippen molar-refractivity contribution in [3.63, 3.8) is 0 Å². The normalized spacial score (nSPS) is 11.8. The zero-order valence-electron chi connectivity index (χ0n) is 14.6. The molecule has 0 bridgehead atoms. The highest BCUT2D eigenvalue weighted by molar-refractivity contribution is 7.90. The number of halogens is 1. The lowest BCUT2D eigenvalue weighted by atomic mass is 10.1. The third kappa shape index (κ3) is 3.24. The molecule has 4 nitrogen and oxygen atoms in total. The summed E-state index contributed by atoms with van der Waals surface area (Å²) in [6, 6.07) is 21.7. The van der Waals surface area contributed by atoms with Gasteiger partial charge in [-0.25, -0.2) is 17.4 Å². The van der Waals surface area contributed by atoms with E-state index in [0.717, 1.165) is 5.56 Å². The Balaban J connectivity index is 1.93. The van der Waals surface area contributed by atoms with E-state index in [2.05, 4.69) is 4.98 Å². The van der Waals surface area contributed by atoms with Crippen molar-refractivity contribution >= 4 is 32.7 Å². The molecule has 0 aliphatic heterocycles. The second-order valence-electron chi connectivity index (χ2n) is 6.36. The van der Waals surface area contributed by atoms with E-state index in [0.29, 0.717) is 33.9 Å². The van der Waals surface area contributed by atoms with Crippen molar-refractivity contribution in [2.24, 2.45) is 0 Å². The van der Waals surface area contributed by atoms with Crippen molar-refractivity contribution in [3.8, 4) is 0 Å². The molecule has 0 unspecified atom stereocenters. The molecule has 27 heavy (non-hydrogen) atoms. The van der Waals surface area contributed by atoms with Gasteiger partial charge in [0.25, 0.3) is 10.0 Å². The number of hydrogen-bond donors (Lipinski definition) is 0. The Morgan fingerprint density at radius 2 is 1.67 bits per heavy atom. The van der Waals surface area contributed by atoms with Gasteiger partial charge in [0.1, 0.15) is 5.82 Å². The fraction of sp³-hybridized carbons (Fsp3) is 0.0952. The van der Waals surface area contributed by atoms with Crippen LogP contribution in [0.5, 0.6) is 0 Å². The molecule has 0 fully saturated rings. The highest BCUT2D eigenvalue weighted by Gasteiger charge is 2.24. The van der Waals surface area contributed by atoms with E-state index in [4.69, 9.17) is 11.6 Å². The maximum Gasteiger partial charge on any atom is 0.269 e. The molecule has 1 heterocycles. The van der Waals surface area contributed by atoms with Crippen LogP contribution in [0, 0.1) is 6.92 Å². The van der Waals surface area contributed by atoms with Crippen LogP contribution in [0.25, 0.3) is 11.0 Å². The Hall–Kier alpha value is -2.63. The summed E-state index contributed by atoms with van der Waals surface area (Å²) in [5.41, 5.74) is 2.93. The van der Waals surface area contributed by atoms with Gasteiger partial charge in [0.2, 0.25) is 0 Å². The van der Waals surface area contributed by atoms with Gasteiger partial charge in [0, 0.05) is 11.4 Å². The lowest BCUT2D eigenvalue weighted by Gasteiger charge is -2.12. The Morgan fingerprint density at radius 3 is 2.41 bits per heavy atom. The third-order valence-corrected chi connectivity index (χ3v) is 6.62. The fourth-order valence-electron chi connectivity index (χ4n) is 3.09. The highest BCUT2D eigenvalue weighted by Crippen LogP contribution is 2.27. The van der Waals surface area contributed by atoms with Gasteiger partial charge in [-0.05, 0) is 48.4 Å². The molecule has 0 aliphatic rings. The maximum absolute atomic E-state index is 13.5. The quantitative estimate of drug-likeness (QED) is 0.496. The number of rotatable bonds is 4. The second kappa shape index (κ2) is 6.83. The number of para-hydroxylation sites is 2. The molecule has 0 atom stereocenters. The predicted octanol–water partition coefficient (Wildman–Crippen LogP) is 4.83. The Bertz CT molecular complexity index is 1230. The number of nitrogens with zero attached hydrogens (tertiary/aromatic N) is 2. The van der Waals surface area contributed by atoms with Crippen LogP contribution < -0.4 is 0 Å². The molecule has 0 amide bonds. The summed E-state index contributed by atoms with van der Waals surface area (Å²) in [4.78, 5) is 4.79. The van der Waals surface area contributed by atoms with E-state index >= 15 is 0 Å². The molecule has 4 rings (SSSR count). The molecule has 3 aromatic carbocycles. The first-order chi connectivity index (χ1) is 13.0. The second-order valence-corrected chi connectivity index (χ2v) is 8.55. The van der Waals surface area contributed by atoms with Crippen LogP contribution in [-0.4, -0.2) is 17.4 Å². The third-order valence-electron chi connectivity index (χ3n) is 4.46. The number of hydrogen-bond acceptors (Lipinski definition) is 3. The first kappa shape index (κ1) is 17.8. The Morgan fingerprint density at radius 1 is 0.963 bits per heavy atom. The Kier molecular flexibility index (Phi) is 4.50. The van der Waals surface area contributed by atoms with Crippen molar-refractivity contribution < 1.29 is 8.42 Å². The van der Waals surface area contributed by atoms with Gasteiger partial charge in [-0.2, -0.15) is 0 Å². The SMILES string of the molecule is Cc1cc(S(=O)(=O)n2c(Cc3ccccc3)nc3ccccc32)ccc1Cl. The number of aryl methyl sites for hydroxylation is 1. The summed E-state index contributed by atoms with van der Waals surface area (Å²) in [5.74, 6) is 0.481. The van der Waals surface area contributed by atoms with Crippen molar-refractivity contribution in [3.05, 3.63) is 94.8 Å². The van der Waals surface area contributed by atoms with Crippen molar-refractivity contribution in [1.29, 1.82) is 0 Å². The topological polar surface area (TPSA) is 52.0 Å². The molecule has 1 aromatic heterocycles. The van der Waals surface area contributed by atoms with Gasteiger partial charge in [-0.3, -0.25) is 0 Å². The summed E-state index contributed by atoms with van der Waals surface area (Å²) < 4.78 is 28.3. The van der Waals surface area contributed by atoms with E-state index < -0.39 is 10.0 Å². The summed E-state index contributed by atoms with van der Waals surface area (Å²) in [7, 11) is -3.82. The average Bonchev–Trinajstić information content (AvgIpc) is 3.03. The van der Waals surface area contributed by atoms with Crippen LogP contribution >= 0.6 is 11.6 Å². The van der Waals surface area contributed by atoms with Gasteiger partial charge >= 0.3 is 0 Å². The van der Waals surface area contributed by atoms with E-state index in [1.165, 1.54) is 10.0 Å². The molecule has 136 valence electrons. The lowest BCUT2D eigenvalue weighted by molar-refractivity contribution is 0.586. The summed E-state index contributed by atoms with van der Waals surface area (Å²) in [6.07, 6.45) is 0.418. The molecule has 6 heteroatoms. The minimum absolute atomic E-state index is 0.196. The summed E-state index contributed by atoms with van der Waals surface area (Å²) >= 11 is 6.08. The Labute approximate surface area is 163 Å². The lowest BCUT2D eigenvalue weighted by Crippen LogP contribution is -2.16. The van der Waals surface area contributed by atoms with Crippen LogP contribution in [0.1, 0.15) is 17.0 Å². The predicted molar refractivity (Wildman–Crippen MR) is 108 cm³/mol. The molecule has 0 N–H and O–H groups in total. The summed E-state index contributed by atoms with van der Waals surface area (Å²) in [6.45, 7) is 1.79. The van der Waals surface area contributed by atoms with E-state index in [-0.39, 0.29) is 4.90 Å². The van der Waals surface area contributed by atoms with E-state index in [1.54, 1.807) is 25.1 Å². The summed E-state index contributed by atoms with van der Waals surface area (Å²) in [5, 5.41) is 0.536. The van der Waals surface area contributed by atoms with Crippen molar-refractivity contribution in [2.45, 2.75) is 18.2 Å². The van der Waals surface area contributed by atoms with E-state index in [1.807, 2.05) is 48.5 Å². The molecular formula is C21H17ClN2O2S. The highest BCUT2D eigenvalue weighted by atomic mass is 35.5. The van der Waals surface area contributed by atoms with Gasteiger partial charge in [-0.15, -0.1) is 0 Å². The number of fused-ring (bicyclic) bond motifs is 1. The van der Waals surface area contributed by atoms with Crippen LogP contribution in [0.4, 0.5) is 0 Å². The first-order valence-corrected chi connectivity index (χ1v) is 10.3. The van der Waals surface area contributed by atoms with Crippen molar-refractivity contribution in [2.75, 3.05) is 0 Å². The minimum atomic E-state index is -3.82. The minimum Gasteiger partial charge on any atom is -0.232 e. The number of aromatic nitrogens is 2. The molecule has 0 saturated heterocycles. The largest absolute Gasteiger partial charge is 0.269 e. The zero-order chi connectivity index (χ0) is 19.0. The molecule has 0 saturated carbocycles. The van der Waals surface area contributed by atoms with Gasteiger partial charge in [0.15, 0.2) is 0 Å². The van der Waals surface area contributed by atoms with Crippen molar-refractivity contribution in [1.82, 2.24) is 8.96 Å². The van der Waals surface area contributed by atoms with Gasteiger partial charge in [-0.1, -0.05) is 54.1 Å². The number of imidazole rings is 1. The molecule has 0 aliphatic carbocycles.